The zero-order valence-electron chi connectivity index (χ0n) is 16.5. The maximum Gasteiger partial charge on any atom is 0.335 e. The fraction of sp³-hybridized carbons (Fsp3) is 0.292. The van der Waals surface area contributed by atoms with Gasteiger partial charge in [0.25, 0.3) is 0 Å². The summed E-state index contributed by atoms with van der Waals surface area (Å²) in [7, 11) is 0. The SMILES string of the molecule is C/C=C/C(=O)Oc1ccc(/C=C/C23OCCN2c2ccccc2C3(C)C)cc1. The Kier molecular flexibility index (Phi) is 4.60. The van der Waals surface area contributed by atoms with E-state index in [-0.39, 0.29) is 11.4 Å². The van der Waals surface area contributed by atoms with E-state index in [0.717, 1.165) is 12.1 Å². The van der Waals surface area contributed by atoms with Gasteiger partial charge in [-0.15, -0.1) is 0 Å². The monoisotopic (exact) mass is 375 g/mol. The molecule has 0 bridgehead atoms. The number of esters is 1. The molecule has 4 rings (SSSR count). The average Bonchev–Trinajstić information content (AvgIpc) is 3.19. The first kappa shape index (κ1) is 18.5. The summed E-state index contributed by atoms with van der Waals surface area (Å²) in [6, 6.07) is 16.0. The second kappa shape index (κ2) is 6.95. The van der Waals surface area contributed by atoms with Crippen LogP contribution < -0.4 is 9.64 Å². The van der Waals surface area contributed by atoms with Gasteiger partial charge in [-0.1, -0.05) is 56.3 Å². The van der Waals surface area contributed by atoms with E-state index in [4.69, 9.17) is 9.47 Å². The molecule has 0 radical (unpaired) electrons. The minimum absolute atomic E-state index is 0.168. The van der Waals surface area contributed by atoms with Gasteiger partial charge in [-0.05, 0) is 42.3 Å². The van der Waals surface area contributed by atoms with Gasteiger partial charge >= 0.3 is 5.97 Å². The van der Waals surface area contributed by atoms with Gasteiger partial charge in [0, 0.05) is 23.7 Å². The third-order valence-corrected chi connectivity index (χ3v) is 5.70. The summed E-state index contributed by atoms with van der Waals surface area (Å²) in [4.78, 5) is 13.9. The summed E-state index contributed by atoms with van der Waals surface area (Å²) < 4.78 is 11.6. The number of hydrogen-bond acceptors (Lipinski definition) is 4. The summed E-state index contributed by atoms with van der Waals surface area (Å²) in [6.07, 6.45) is 7.32. The van der Waals surface area contributed by atoms with Gasteiger partial charge in [0.2, 0.25) is 0 Å². The van der Waals surface area contributed by atoms with E-state index < -0.39 is 5.72 Å². The van der Waals surface area contributed by atoms with Crippen LogP contribution in [0.1, 0.15) is 31.9 Å². The fourth-order valence-corrected chi connectivity index (χ4v) is 4.27. The number of anilines is 1. The zero-order chi connectivity index (χ0) is 19.8. The third kappa shape index (κ3) is 2.85. The molecule has 1 fully saturated rings. The first-order valence-electron chi connectivity index (χ1n) is 9.63. The van der Waals surface area contributed by atoms with Crippen LogP contribution in [0.25, 0.3) is 6.08 Å². The number of rotatable bonds is 4. The van der Waals surface area contributed by atoms with Gasteiger partial charge in [0.15, 0.2) is 5.72 Å². The molecule has 0 N–H and O–H groups in total. The van der Waals surface area contributed by atoms with Crippen molar-refractivity contribution in [3.63, 3.8) is 0 Å². The molecule has 144 valence electrons. The normalized spacial score (nSPS) is 22.6. The number of benzene rings is 2. The Morgan fingerprint density at radius 2 is 1.89 bits per heavy atom. The molecule has 4 heteroatoms. The molecule has 0 aliphatic carbocycles. The summed E-state index contributed by atoms with van der Waals surface area (Å²) in [6.45, 7) is 7.86. The lowest BCUT2D eigenvalue weighted by atomic mass is 9.77. The van der Waals surface area contributed by atoms with Crippen LogP contribution >= 0.6 is 0 Å². The van der Waals surface area contributed by atoms with E-state index in [1.54, 1.807) is 25.1 Å². The smallest absolute Gasteiger partial charge is 0.335 e. The molecule has 1 unspecified atom stereocenters. The van der Waals surface area contributed by atoms with E-state index in [0.29, 0.717) is 12.4 Å². The van der Waals surface area contributed by atoms with Crippen molar-refractivity contribution in [2.24, 2.45) is 0 Å². The Hall–Kier alpha value is -2.85. The Morgan fingerprint density at radius 1 is 1.14 bits per heavy atom. The van der Waals surface area contributed by atoms with Crippen LogP contribution in [-0.2, 0) is 14.9 Å². The molecule has 2 heterocycles. The Morgan fingerprint density at radius 3 is 2.64 bits per heavy atom. The standard InChI is InChI=1S/C24H25NO3/c1-4-7-22(26)28-19-12-10-18(11-13-19)14-15-24-23(2,3)20-8-5-6-9-21(20)25(24)16-17-27-24/h4-15H,16-17H2,1-3H3/b7-4+,15-14+. The molecule has 2 aliphatic rings. The van der Waals surface area contributed by atoms with Crippen molar-refractivity contribution in [2.45, 2.75) is 31.9 Å². The molecule has 1 atom stereocenters. The van der Waals surface area contributed by atoms with Crippen LogP contribution in [-0.4, -0.2) is 24.8 Å². The Bertz CT molecular complexity index is 943. The lowest BCUT2D eigenvalue weighted by Gasteiger charge is -2.39. The summed E-state index contributed by atoms with van der Waals surface area (Å²) >= 11 is 0. The topological polar surface area (TPSA) is 38.8 Å². The molecule has 2 aromatic rings. The van der Waals surface area contributed by atoms with E-state index in [9.17, 15) is 4.79 Å². The molecule has 0 amide bonds. The molecular formula is C24H25NO3. The number of allylic oxidation sites excluding steroid dienone is 1. The Balaban J connectivity index is 1.60. The third-order valence-electron chi connectivity index (χ3n) is 5.70. The molecule has 2 aromatic carbocycles. The molecule has 4 nitrogen and oxygen atoms in total. The van der Waals surface area contributed by atoms with Crippen LogP contribution in [0.2, 0.25) is 0 Å². The predicted molar refractivity (Wildman–Crippen MR) is 111 cm³/mol. The molecule has 0 spiro atoms. The zero-order valence-corrected chi connectivity index (χ0v) is 16.5. The largest absolute Gasteiger partial charge is 0.423 e. The van der Waals surface area contributed by atoms with Crippen LogP contribution in [0.3, 0.4) is 0 Å². The minimum Gasteiger partial charge on any atom is -0.423 e. The van der Waals surface area contributed by atoms with E-state index in [1.165, 1.54) is 17.3 Å². The van der Waals surface area contributed by atoms with Gasteiger partial charge < -0.3 is 14.4 Å². The molecule has 28 heavy (non-hydrogen) atoms. The quantitative estimate of drug-likeness (QED) is 0.441. The number of carbonyl (C=O) groups is 1. The molecule has 2 aliphatic heterocycles. The fourth-order valence-electron chi connectivity index (χ4n) is 4.27. The second-order valence-electron chi connectivity index (χ2n) is 7.66. The van der Waals surface area contributed by atoms with Crippen LogP contribution in [0.15, 0.2) is 66.8 Å². The van der Waals surface area contributed by atoms with Crippen molar-refractivity contribution in [2.75, 3.05) is 18.1 Å². The van der Waals surface area contributed by atoms with Gasteiger partial charge in [-0.2, -0.15) is 0 Å². The van der Waals surface area contributed by atoms with E-state index in [2.05, 4.69) is 55.2 Å². The number of para-hydroxylation sites is 1. The van der Waals surface area contributed by atoms with Crippen molar-refractivity contribution in [1.82, 2.24) is 0 Å². The van der Waals surface area contributed by atoms with Gasteiger partial charge in [-0.3, -0.25) is 0 Å². The number of nitrogens with zero attached hydrogens (tertiary/aromatic N) is 1. The van der Waals surface area contributed by atoms with Crippen molar-refractivity contribution >= 4 is 17.7 Å². The number of carbonyl (C=O) groups excluding carboxylic acids is 1. The molecular weight excluding hydrogens is 350 g/mol. The van der Waals surface area contributed by atoms with Crippen LogP contribution in [0.5, 0.6) is 5.75 Å². The van der Waals surface area contributed by atoms with Gasteiger partial charge in [-0.25, -0.2) is 4.79 Å². The maximum atomic E-state index is 11.6. The van der Waals surface area contributed by atoms with E-state index >= 15 is 0 Å². The van der Waals surface area contributed by atoms with Gasteiger partial charge in [0.1, 0.15) is 5.75 Å². The average molecular weight is 375 g/mol. The van der Waals surface area contributed by atoms with Crippen molar-refractivity contribution in [3.05, 3.63) is 77.9 Å². The van der Waals surface area contributed by atoms with Gasteiger partial charge in [0.05, 0.1) is 6.61 Å². The van der Waals surface area contributed by atoms with Crippen LogP contribution in [0, 0.1) is 0 Å². The summed E-state index contributed by atoms with van der Waals surface area (Å²) in [5, 5.41) is 0. The lowest BCUT2D eigenvalue weighted by molar-refractivity contribution is -0.129. The first-order chi connectivity index (χ1) is 13.5. The van der Waals surface area contributed by atoms with Crippen LogP contribution in [0.4, 0.5) is 5.69 Å². The minimum atomic E-state index is -0.492. The highest BCUT2D eigenvalue weighted by molar-refractivity contribution is 5.84. The lowest BCUT2D eigenvalue weighted by Crippen LogP contribution is -2.51. The van der Waals surface area contributed by atoms with Crippen molar-refractivity contribution in [1.29, 1.82) is 0 Å². The maximum absolute atomic E-state index is 11.6. The highest BCUT2D eigenvalue weighted by Gasteiger charge is 2.58. The highest BCUT2D eigenvalue weighted by Crippen LogP contribution is 2.54. The van der Waals surface area contributed by atoms with Crippen molar-refractivity contribution in [3.8, 4) is 5.75 Å². The van der Waals surface area contributed by atoms with Crippen molar-refractivity contribution < 1.29 is 14.3 Å². The summed E-state index contributed by atoms with van der Waals surface area (Å²) in [5.41, 5.74) is 2.93. The number of hydrogen-bond donors (Lipinski definition) is 0. The number of ether oxygens (including phenoxy) is 2. The Labute approximate surface area is 166 Å². The molecule has 0 aromatic heterocycles. The number of fused-ring (bicyclic) bond motifs is 3. The second-order valence-corrected chi connectivity index (χ2v) is 7.66. The first-order valence-corrected chi connectivity index (χ1v) is 9.63. The highest BCUT2D eigenvalue weighted by atomic mass is 16.5. The van der Waals surface area contributed by atoms with E-state index in [1.807, 2.05) is 12.1 Å². The molecule has 1 saturated heterocycles. The summed E-state index contributed by atoms with van der Waals surface area (Å²) in [5.74, 6) is 0.163. The molecule has 0 saturated carbocycles. The predicted octanol–water partition coefficient (Wildman–Crippen LogP) is 4.71.